The first-order valence-electron chi connectivity index (χ1n) is 9.05. The Kier molecular flexibility index (Phi) is 5.44. The summed E-state index contributed by atoms with van der Waals surface area (Å²) in [5.41, 5.74) is 0.956. The third-order valence-electron chi connectivity index (χ3n) is 4.79. The molecule has 0 saturated carbocycles. The van der Waals surface area contributed by atoms with Crippen LogP contribution in [-0.4, -0.2) is 52.4 Å². The van der Waals surface area contributed by atoms with E-state index in [1.807, 2.05) is 31.3 Å². The highest BCUT2D eigenvalue weighted by molar-refractivity contribution is 5.86. The van der Waals surface area contributed by atoms with Crippen molar-refractivity contribution in [3.63, 3.8) is 0 Å². The molecular formula is C19H25N3O4. The number of piperidine rings is 1. The molecule has 1 aromatic heterocycles. The number of carbonyl (C=O) groups is 2. The van der Waals surface area contributed by atoms with Crippen molar-refractivity contribution in [3.05, 3.63) is 24.3 Å². The summed E-state index contributed by atoms with van der Waals surface area (Å²) in [4.78, 5) is 26.3. The molecule has 2 aromatic rings. The second-order valence-corrected chi connectivity index (χ2v) is 6.56. The molecule has 0 bridgehead atoms. The second kappa shape index (κ2) is 7.76. The number of rotatable bonds is 5. The molecule has 2 heterocycles. The summed E-state index contributed by atoms with van der Waals surface area (Å²) in [6.07, 6.45) is 0.626. The van der Waals surface area contributed by atoms with Crippen LogP contribution in [0.1, 0.15) is 26.7 Å². The summed E-state index contributed by atoms with van der Waals surface area (Å²) < 4.78 is 12.7. The van der Waals surface area contributed by atoms with Gasteiger partial charge in [0.1, 0.15) is 0 Å². The van der Waals surface area contributed by atoms with Crippen molar-refractivity contribution in [3.8, 4) is 5.88 Å². The normalized spacial score (nSPS) is 16.5. The average molecular weight is 359 g/mol. The first-order valence-corrected chi connectivity index (χ1v) is 9.05. The van der Waals surface area contributed by atoms with Crippen molar-refractivity contribution >= 4 is 22.8 Å². The van der Waals surface area contributed by atoms with Crippen LogP contribution >= 0.6 is 0 Å². The molecule has 1 fully saturated rings. The van der Waals surface area contributed by atoms with Crippen molar-refractivity contribution in [2.24, 2.45) is 13.0 Å². The van der Waals surface area contributed by atoms with E-state index in [0.717, 1.165) is 10.9 Å². The SMILES string of the molecule is CCOC(=O)C1CCN(C(=O)[C@H](C)Oc2nn(C)c3ccccc23)CC1. The monoisotopic (exact) mass is 359 g/mol. The molecule has 1 aliphatic heterocycles. The highest BCUT2D eigenvalue weighted by Crippen LogP contribution is 2.25. The van der Waals surface area contributed by atoms with Crippen LogP contribution < -0.4 is 4.74 Å². The van der Waals surface area contributed by atoms with Gasteiger partial charge in [-0.2, -0.15) is 0 Å². The predicted molar refractivity (Wildman–Crippen MR) is 96.7 cm³/mol. The highest BCUT2D eigenvalue weighted by Gasteiger charge is 2.31. The molecule has 0 spiro atoms. The van der Waals surface area contributed by atoms with Crippen LogP contribution in [0, 0.1) is 5.92 Å². The Bertz CT molecular complexity index is 793. The van der Waals surface area contributed by atoms with Gasteiger partial charge in [0, 0.05) is 20.1 Å². The smallest absolute Gasteiger partial charge is 0.309 e. The fraction of sp³-hybridized carbons (Fsp3) is 0.526. The third kappa shape index (κ3) is 3.66. The Balaban J connectivity index is 1.61. The number of hydrogen-bond acceptors (Lipinski definition) is 5. The van der Waals surface area contributed by atoms with Gasteiger partial charge < -0.3 is 14.4 Å². The number of fused-ring (bicyclic) bond motifs is 1. The zero-order chi connectivity index (χ0) is 18.7. The van der Waals surface area contributed by atoms with E-state index in [2.05, 4.69) is 5.10 Å². The van der Waals surface area contributed by atoms with Gasteiger partial charge in [-0.1, -0.05) is 12.1 Å². The van der Waals surface area contributed by atoms with Crippen molar-refractivity contribution in [1.29, 1.82) is 0 Å². The predicted octanol–water partition coefficient (Wildman–Crippen LogP) is 2.14. The number of aryl methyl sites for hydroxylation is 1. The number of aromatic nitrogens is 2. The van der Waals surface area contributed by atoms with Crippen LogP contribution in [0.3, 0.4) is 0 Å². The van der Waals surface area contributed by atoms with E-state index in [0.29, 0.717) is 38.4 Å². The van der Waals surface area contributed by atoms with Gasteiger partial charge >= 0.3 is 5.97 Å². The largest absolute Gasteiger partial charge is 0.466 e. The molecule has 0 N–H and O–H groups in total. The van der Waals surface area contributed by atoms with E-state index in [9.17, 15) is 9.59 Å². The molecule has 140 valence electrons. The Labute approximate surface area is 152 Å². The zero-order valence-corrected chi connectivity index (χ0v) is 15.5. The molecule has 0 unspecified atom stereocenters. The summed E-state index contributed by atoms with van der Waals surface area (Å²) >= 11 is 0. The van der Waals surface area contributed by atoms with Crippen molar-refractivity contribution in [2.45, 2.75) is 32.8 Å². The number of hydrogen-bond donors (Lipinski definition) is 0. The van der Waals surface area contributed by atoms with Crippen LogP contribution in [-0.2, 0) is 21.4 Å². The molecule has 1 saturated heterocycles. The van der Waals surface area contributed by atoms with Crippen LogP contribution in [0.4, 0.5) is 0 Å². The molecule has 0 radical (unpaired) electrons. The fourth-order valence-electron chi connectivity index (χ4n) is 3.34. The third-order valence-corrected chi connectivity index (χ3v) is 4.79. The lowest BCUT2D eigenvalue weighted by Gasteiger charge is -2.32. The standard InChI is InChI=1S/C19H25N3O4/c1-4-25-19(24)14-9-11-22(12-10-14)18(23)13(2)26-17-15-7-5-6-8-16(15)21(3)20-17/h5-8,13-14H,4,9-12H2,1-3H3/t13-/m0/s1. The number of amides is 1. The molecule has 7 heteroatoms. The van der Waals surface area contributed by atoms with Crippen LogP contribution in [0.15, 0.2) is 24.3 Å². The van der Waals surface area contributed by atoms with Crippen LogP contribution in [0.25, 0.3) is 10.9 Å². The van der Waals surface area contributed by atoms with Gasteiger partial charge in [-0.25, -0.2) is 0 Å². The maximum atomic E-state index is 12.7. The molecule has 0 aliphatic carbocycles. The fourth-order valence-corrected chi connectivity index (χ4v) is 3.34. The number of benzene rings is 1. The van der Waals surface area contributed by atoms with Gasteiger partial charge in [-0.3, -0.25) is 14.3 Å². The minimum atomic E-state index is -0.632. The van der Waals surface area contributed by atoms with Crippen LogP contribution in [0.2, 0.25) is 0 Å². The Morgan fingerprint density at radius 2 is 1.96 bits per heavy atom. The van der Waals surface area contributed by atoms with E-state index < -0.39 is 6.10 Å². The lowest BCUT2D eigenvalue weighted by Crippen LogP contribution is -2.46. The molecule has 1 atom stereocenters. The number of ether oxygens (including phenoxy) is 2. The maximum absolute atomic E-state index is 12.7. The molecule has 3 rings (SSSR count). The first-order chi connectivity index (χ1) is 12.5. The van der Waals surface area contributed by atoms with E-state index >= 15 is 0 Å². The highest BCUT2D eigenvalue weighted by atomic mass is 16.5. The van der Waals surface area contributed by atoms with Gasteiger partial charge in [0.25, 0.3) is 5.91 Å². The zero-order valence-electron chi connectivity index (χ0n) is 15.5. The summed E-state index contributed by atoms with van der Waals surface area (Å²) in [7, 11) is 1.85. The summed E-state index contributed by atoms with van der Waals surface area (Å²) in [5.74, 6) is 0.103. The minimum Gasteiger partial charge on any atom is -0.466 e. The lowest BCUT2D eigenvalue weighted by molar-refractivity contribution is -0.152. The van der Waals surface area contributed by atoms with Gasteiger partial charge in [0.15, 0.2) is 6.10 Å². The number of esters is 1. The van der Waals surface area contributed by atoms with E-state index in [1.54, 1.807) is 23.4 Å². The number of para-hydroxylation sites is 1. The van der Waals surface area contributed by atoms with E-state index in [4.69, 9.17) is 9.47 Å². The Morgan fingerprint density at radius 1 is 1.27 bits per heavy atom. The summed E-state index contributed by atoms with van der Waals surface area (Å²) in [6, 6.07) is 7.75. The Hall–Kier alpha value is -2.57. The molecular weight excluding hydrogens is 334 g/mol. The second-order valence-electron chi connectivity index (χ2n) is 6.56. The summed E-state index contributed by atoms with van der Waals surface area (Å²) in [5, 5.41) is 5.26. The quantitative estimate of drug-likeness (QED) is 0.765. The molecule has 1 aromatic carbocycles. The average Bonchev–Trinajstić information content (AvgIpc) is 2.97. The van der Waals surface area contributed by atoms with Crippen molar-refractivity contribution in [2.75, 3.05) is 19.7 Å². The maximum Gasteiger partial charge on any atom is 0.309 e. The van der Waals surface area contributed by atoms with Gasteiger partial charge in [0.05, 0.1) is 23.4 Å². The molecule has 1 amide bonds. The molecule has 26 heavy (non-hydrogen) atoms. The lowest BCUT2D eigenvalue weighted by atomic mass is 9.97. The number of likely N-dealkylation sites (tertiary alicyclic amines) is 1. The van der Waals surface area contributed by atoms with Crippen molar-refractivity contribution < 1.29 is 19.1 Å². The first kappa shape index (κ1) is 18.2. The van der Waals surface area contributed by atoms with Crippen molar-refractivity contribution in [1.82, 2.24) is 14.7 Å². The van der Waals surface area contributed by atoms with E-state index in [-0.39, 0.29) is 17.8 Å². The number of nitrogens with zero attached hydrogens (tertiary/aromatic N) is 3. The van der Waals surface area contributed by atoms with Gasteiger partial charge in [-0.05, 0) is 38.8 Å². The molecule has 7 nitrogen and oxygen atoms in total. The van der Waals surface area contributed by atoms with Crippen LogP contribution in [0.5, 0.6) is 5.88 Å². The summed E-state index contributed by atoms with van der Waals surface area (Å²) in [6.45, 7) is 5.01. The van der Waals surface area contributed by atoms with Gasteiger partial charge in [0.2, 0.25) is 5.88 Å². The Morgan fingerprint density at radius 3 is 2.65 bits per heavy atom. The number of carbonyl (C=O) groups excluding carboxylic acids is 2. The topological polar surface area (TPSA) is 73.7 Å². The minimum absolute atomic E-state index is 0.0814. The molecule has 1 aliphatic rings. The van der Waals surface area contributed by atoms with Gasteiger partial charge in [-0.15, -0.1) is 5.10 Å². The van der Waals surface area contributed by atoms with E-state index in [1.165, 1.54) is 0 Å².